The Balaban J connectivity index is 0.00000324. The predicted molar refractivity (Wildman–Crippen MR) is 60.0 cm³/mol. The Kier molecular flexibility index (Phi) is 5.21. The van der Waals surface area contributed by atoms with E-state index in [1.54, 1.807) is 0 Å². The first-order chi connectivity index (χ1) is 8.16. The van der Waals surface area contributed by atoms with Crippen molar-refractivity contribution in [3.05, 3.63) is 44.0 Å². The highest BCUT2D eigenvalue weighted by Gasteiger charge is 2.45. The maximum atomic E-state index is 12.5. The average molecular weight is 302 g/mol. The summed E-state index contributed by atoms with van der Waals surface area (Å²) in [6, 6.07) is -0.412. The van der Waals surface area contributed by atoms with E-state index >= 15 is 0 Å². The summed E-state index contributed by atoms with van der Waals surface area (Å²) in [7, 11) is 0. The lowest BCUT2D eigenvalue weighted by molar-refractivity contribution is -0.396. The molecule has 0 aliphatic rings. The van der Waals surface area contributed by atoms with Crippen molar-refractivity contribution in [3.63, 3.8) is 0 Å². The summed E-state index contributed by atoms with van der Waals surface area (Å²) in [5.41, 5.74) is 1.60. The van der Waals surface area contributed by atoms with E-state index in [0.29, 0.717) is 0 Å². The van der Waals surface area contributed by atoms with Gasteiger partial charge in [-0.25, -0.2) is 0 Å². The van der Waals surface area contributed by atoms with E-state index in [0.717, 1.165) is 18.2 Å². The van der Waals surface area contributed by atoms with Crippen molar-refractivity contribution in [1.29, 1.82) is 0 Å². The van der Waals surface area contributed by atoms with Crippen LogP contribution in [0.4, 0.5) is 24.5 Å². The standard InChI is InChI=1S/C8H6F3N3O4.ClH/c9-8(10,11)7(12)6-4(13(15)16)2-1-3-5(6)14(17)18;/h1-3,7H,12H2;1H/t7-;/m0./s1. The third-order valence-corrected chi connectivity index (χ3v) is 2.12. The van der Waals surface area contributed by atoms with Gasteiger partial charge < -0.3 is 5.73 Å². The molecule has 0 aliphatic heterocycles. The topological polar surface area (TPSA) is 112 Å². The summed E-state index contributed by atoms with van der Waals surface area (Å²) in [6.07, 6.45) is -5.02. The number of hydrogen-bond acceptors (Lipinski definition) is 5. The Morgan fingerprint density at radius 2 is 1.47 bits per heavy atom. The maximum absolute atomic E-state index is 12.5. The van der Waals surface area contributed by atoms with Gasteiger partial charge in [0.05, 0.1) is 9.85 Å². The second-order valence-electron chi connectivity index (χ2n) is 3.24. The smallest absolute Gasteiger partial charge is 0.316 e. The molecule has 1 atom stereocenters. The van der Waals surface area contributed by atoms with E-state index in [1.165, 1.54) is 0 Å². The number of halogens is 4. The summed E-state index contributed by atoms with van der Waals surface area (Å²) in [5, 5.41) is 21.2. The van der Waals surface area contributed by atoms with Gasteiger partial charge in [0.25, 0.3) is 11.4 Å². The Bertz CT molecular complexity index is 476. The fraction of sp³-hybridized carbons (Fsp3) is 0.250. The molecule has 0 unspecified atom stereocenters. The second kappa shape index (κ2) is 5.80. The van der Waals surface area contributed by atoms with Crippen LogP contribution < -0.4 is 5.73 Å². The van der Waals surface area contributed by atoms with Crippen molar-refractivity contribution in [1.82, 2.24) is 0 Å². The van der Waals surface area contributed by atoms with Gasteiger partial charge >= 0.3 is 6.18 Å². The molecule has 106 valence electrons. The van der Waals surface area contributed by atoms with Crippen LogP contribution in [-0.4, -0.2) is 16.0 Å². The molecule has 0 heterocycles. The molecule has 1 aromatic carbocycles. The first-order valence-electron chi connectivity index (χ1n) is 4.40. The van der Waals surface area contributed by atoms with E-state index in [2.05, 4.69) is 0 Å². The fourth-order valence-electron chi connectivity index (χ4n) is 1.34. The highest BCUT2D eigenvalue weighted by atomic mass is 35.5. The van der Waals surface area contributed by atoms with Gasteiger partial charge in [-0.3, -0.25) is 20.2 Å². The Morgan fingerprint density at radius 1 is 1.11 bits per heavy atom. The molecule has 0 spiro atoms. The van der Waals surface area contributed by atoms with Crippen molar-refractivity contribution in [2.75, 3.05) is 0 Å². The second-order valence-corrected chi connectivity index (χ2v) is 3.24. The number of alkyl halides is 3. The predicted octanol–water partition coefficient (Wildman–Crippen LogP) is 2.49. The number of hydrogen-bond donors (Lipinski definition) is 1. The lowest BCUT2D eigenvalue weighted by atomic mass is 10.0. The first-order valence-corrected chi connectivity index (χ1v) is 4.40. The van der Waals surface area contributed by atoms with Gasteiger partial charge in [-0.1, -0.05) is 0 Å². The zero-order chi connectivity index (χ0) is 14.1. The van der Waals surface area contributed by atoms with Crippen LogP contribution in [0, 0.1) is 20.2 Å². The molecule has 0 amide bonds. The van der Waals surface area contributed by atoms with Crippen LogP contribution in [-0.2, 0) is 0 Å². The number of nitrogens with zero attached hydrogens (tertiary/aromatic N) is 2. The monoisotopic (exact) mass is 301 g/mol. The zero-order valence-corrected chi connectivity index (χ0v) is 9.77. The van der Waals surface area contributed by atoms with Crippen LogP contribution in [0.3, 0.4) is 0 Å². The third-order valence-electron chi connectivity index (χ3n) is 2.12. The van der Waals surface area contributed by atoms with Crippen LogP contribution in [0.5, 0.6) is 0 Å². The molecule has 11 heteroatoms. The lowest BCUT2D eigenvalue weighted by Crippen LogP contribution is -2.29. The highest BCUT2D eigenvalue weighted by Crippen LogP contribution is 2.40. The SMILES string of the molecule is Cl.N[C@@H](c1c([N+](=O)[O-])cccc1[N+](=O)[O-])C(F)(F)F. The van der Waals surface area contributed by atoms with Crippen LogP contribution >= 0.6 is 12.4 Å². The van der Waals surface area contributed by atoms with Crippen molar-refractivity contribution in [2.45, 2.75) is 12.2 Å². The zero-order valence-electron chi connectivity index (χ0n) is 8.96. The first kappa shape index (κ1) is 17.1. The Morgan fingerprint density at radius 3 is 1.74 bits per heavy atom. The molecule has 0 fully saturated rings. The van der Waals surface area contributed by atoms with Crippen molar-refractivity contribution in [2.24, 2.45) is 5.73 Å². The highest BCUT2D eigenvalue weighted by molar-refractivity contribution is 5.85. The largest absolute Gasteiger partial charge is 0.408 e. The summed E-state index contributed by atoms with van der Waals surface area (Å²) in [5.74, 6) is 0. The molecule has 0 saturated heterocycles. The van der Waals surface area contributed by atoms with Gasteiger partial charge in [0.1, 0.15) is 11.6 Å². The van der Waals surface area contributed by atoms with E-state index in [4.69, 9.17) is 5.73 Å². The van der Waals surface area contributed by atoms with E-state index in [1.807, 2.05) is 0 Å². The molecule has 1 rings (SSSR count). The van der Waals surface area contributed by atoms with Crippen LogP contribution in [0.15, 0.2) is 18.2 Å². The summed E-state index contributed by atoms with van der Waals surface area (Å²) >= 11 is 0. The molecular weight excluding hydrogens is 295 g/mol. The Hall–Kier alpha value is -1.94. The average Bonchev–Trinajstić information content (AvgIpc) is 2.25. The lowest BCUT2D eigenvalue weighted by Gasteiger charge is -2.15. The molecule has 7 nitrogen and oxygen atoms in total. The van der Waals surface area contributed by atoms with E-state index in [-0.39, 0.29) is 12.4 Å². The van der Waals surface area contributed by atoms with Crippen LogP contribution in [0.25, 0.3) is 0 Å². The van der Waals surface area contributed by atoms with Crippen molar-refractivity contribution in [3.8, 4) is 0 Å². The Labute approximate surface area is 109 Å². The molecule has 1 aromatic rings. The van der Waals surface area contributed by atoms with E-state index in [9.17, 15) is 33.4 Å². The van der Waals surface area contributed by atoms with Gasteiger partial charge in [-0.15, -0.1) is 12.4 Å². The molecule has 0 aromatic heterocycles. The van der Waals surface area contributed by atoms with Gasteiger partial charge in [-0.2, -0.15) is 13.2 Å². The number of nitro groups is 2. The minimum absolute atomic E-state index is 0. The molecule has 0 bridgehead atoms. The van der Waals surface area contributed by atoms with Crippen LogP contribution in [0.2, 0.25) is 0 Å². The number of nitro benzene ring substituents is 2. The van der Waals surface area contributed by atoms with Gasteiger partial charge in [-0.05, 0) is 6.07 Å². The normalized spacial score (nSPS) is 12.4. The van der Waals surface area contributed by atoms with Crippen molar-refractivity contribution < 1.29 is 23.0 Å². The third kappa shape index (κ3) is 3.51. The summed E-state index contributed by atoms with van der Waals surface area (Å²) in [6.45, 7) is 0. The number of benzene rings is 1. The van der Waals surface area contributed by atoms with Crippen LogP contribution in [0.1, 0.15) is 11.6 Å². The minimum Gasteiger partial charge on any atom is -0.316 e. The van der Waals surface area contributed by atoms with Gasteiger partial charge in [0.2, 0.25) is 0 Å². The molecule has 2 N–H and O–H groups in total. The fourth-order valence-corrected chi connectivity index (χ4v) is 1.34. The molecule has 19 heavy (non-hydrogen) atoms. The van der Waals surface area contributed by atoms with Gasteiger partial charge in [0.15, 0.2) is 0 Å². The number of rotatable bonds is 3. The quantitative estimate of drug-likeness (QED) is 0.680. The van der Waals surface area contributed by atoms with E-state index < -0.39 is 39.0 Å². The summed E-state index contributed by atoms with van der Waals surface area (Å²) < 4.78 is 37.4. The molecule has 0 radical (unpaired) electrons. The molecule has 0 saturated carbocycles. The maximum Gasteiger partial charge on any atom is 0.408 e. The minimum atomic E-state index is -5.02. The molecule has 0 aliphatic carbocycles. The van der Waals surface area contributed by atoms with Crippen molar-refractivity contribution >= 4 is 23.8 Å². The summed E-state index contributed by atoms with van der Waals surface area (Å²) in [4.78, 5) is 18.9. The van der Waals surface area contributed by atoms with Gasteiger partial charge in [0, 0.05) is 12.1 Å². The molecular formula is C8H7ClF3N3O4. The number of nitrogens with two attached hydrogens (primary N) is 1.